The second-order valence-electron chi connectivity index (χ2n) is 8.21. The molecule has 1 N–H and O–H groups in total. The summed E-state index contributed by atoms with van der Waals surface area (Å²) in [6, 6.07) is 11.6. The standard InChI is InChI=1S/C24H32N4O7S/c1-5-6-14-25-24(30)18(2)26(16-19-10-8-7-9-11-19)23(29)17-27(36(4,33)34)21-15-20(28(31)32)12-13-22(21)35-3/h7-13,15,18H,5-6,14,16-17H2,1-4H3,(H,25,30)/t18-/m0/s1. The van der Waals surface area contributed by atoms with Crippen LogP contribution >= 0.6 is 0 Å². The molecule has 0 aliphatic carbocycles. The molecule has 0 aliphatic rings. The van der Waals surface area contributed by atoms with E-state index in [1.165, 1.54) is 24.1 Å². The molecule has 2 aromatic carbocycles. The summed E-state index contributed by atoms with van der Waals surface area (Å²) < 4.78 is 31.4. The van der Waals surface area contributed by atoms with Crippen LogP contribution in [0.4, 0.5) is 11.4 Å². The Hall–Kier alpha value is -3.67. The maximum absolute atomic E-state index is 13.5. The second-order valence-corrected chi connectivity index (χ2v) is 10.1. The lowest BCUT2D eigenvalue weighted by Crippen LogP contribution is -2.51. The van der Waals surface area contributed by atoms with Gasteiger partial charge >= 0.3 is 0 Å². The van der Waals surface area contributed by atoms with Crippen LogP contribution in [-0.2, 0) is 26.2 Å². The predicted octanol–water partition coefficient (Wildman–Crippen LogP) is 2.70. The van der Waals surface area contributed by atoms with Gasteiger partial charge in [-0.25, -0.2) is 8.42 Å². The quantitative estimate of drug-likeness (QED) is 0.243. The number of anilines is 1. The van der Waals surface area contributed by atoms with E-state index in [9.17, 15) is 28.1 Å². The van der Waals surface area contributed by atoms with E-state index in [0.29, 0.717) is 6.54 Å². The number of nitrogens with one attached hydrogen (secondary N) is 1. The molecule has 2 rings (SSSR count). The van der Waals surface area contributed by atoms with Crippen molar-refractivity contribution in [3.05, 3.63) is 64.2 Å². The van der Waals surface area contributed by atoms with Crippen molar-refractivity contribution in [1.82, 2.24) is 10.2 Å². The third kappa shape index (κ3) is 7.67. The van der Waals surface area contributed by atoms with Gasteiger partial charge < -0.3 is 15.0 Å². The number of carbonyl (C=O) groups excluding carboxylic acids is 2. The van der Waals surface area contributed by atoms with Gasteiger partial charge in [-0.2, -0.15) is 0 Å². The van der Waals surface area contributed by atoms with Gasteiger partial charge in [-0.1, -0.05) is 43.7 Å². The summed E-state index contributed by atoms with van der Waals surface area (Å²) in [4.78, 5) is 38.3. The molecular formula is C24H32N4O7S. The van der Waals surface area contributed by atoms with Crippen LogP contribution in [0.25, 0.3) is 0 Å². The Bertz CT molecular complexity index is 1170. The minimum atomic E-state index is -4.08. The Morgan fingerprint density at radius 2 is 1.83 bits per heavy atom. The van der Waals surface area contributed by atoms with Gasteiger partial charge in [0.25, 0.3) is 5.69 Å². The predicted molar refractivity (Wildman–Crippen MR) is 136 cm³/mol. The highest BCUT2D eigenvalue weighted by molar-refractivity contribution is 7.92. The fourth-order valence-electron chi connectivity index (χ4n) is 3.48. The normalized spacial score (nSPS) is 11.9. The van der Waals surface area contributed by atoms with Crippen LogP contribution in [0.1, 0.15) is 32.3 Å². The van der Waals surface area contributed by atoms with Crippen molar-refractivity contribution < 1.29 is 27.7 Å². The molecule has 0 spiro atoms. The first-order valence-electron chi connectivity index (χ1n) is 11.4. The molecule has 0 aliphatic heterocycles. The van der Waals surface area contributed by atoms with E-state index in [4.69, 9.17) is 4.74 Å². The maximum Gasteiger partial charge on any atom is 0.271 e. The highest BCUT2D eigenvalue weighted by Gasteiger charge is 2.31. The van der Waals surface area contributed by atoms with Gasteiger partial charge in [-0.15, -0.1) is 0 Å². The number of methoxy groups -OCH3 is 1. The first kappa shape index (κ1) is 28.6. The van der Waals surface area contributed by atoms with E-state index < -0.39 is 33.4 Å². The first-order valence-corrected chi connectivity index (χ1v) is 13.3. The van der Waals surface area contributed by atoms with Crippen LogP contribution in [0.3, 0.4) is 0 Å². The molecule has 2 amide bonds. The van der Waals surface area contributed by atoms with Gasteiger partial charge in [0.1, 0.15) is 24.0 Å². The number of nitro benzene ring substituents is 1. The van der Waals surface area contributed by atoms with Crippen LogP contribution in [0, 0.1) is 10.1 Å². The topological polar surface area (TPSA) is 139 Å². The number of carbonyl (C=O) groups is 2. The average Bonchev–Trinajstić information content (AvgIpc) is 2.84. The minimum Gasteiger partial charge on any atom is -0.495 e. The number of ether oxygens (including phenoxy) is 1. The van der Waals surface area contributed by atoms with Crippen LogP contribution in [0.15, 0.2) is 48.5 Å². The van der Waals surface area contributed by atoms with Crippen LogP contribution in [0.2, 0.25) is 0 Å². The molecule has 0 saturated heterocycles. The molecule has 2 aromatic rings. The van der Waals surface area contributed by atoms with Crippen molar-refractivity contribution >= 4 is 33.2 Å². The third-order valence-electron chi connectivity index (χ3n) is 5.51. The zero-order chi connectivity index (χ0) is 26.9. The number of unbranched alkanes of at least 4 members (excludes halogenated alkanes) is 1. The molecule has 1 atom stereocenters. The van der Waals surface area contributed by atoms with Crippen molar-refractivity contribution in [2.75, 3.05) is 30.8 Å². The van der Waals surface area contributed by atoms with Crippen LogP contribution in [0.5, 0.6) is 5.75 Å². The molecule has 0 saturated carbocycles. The molecule has 0 heterocycles. The maximum atomic E-state index is 13.5. The number of amides is 2. The average molecular weight is 521 g/mol. The Morgan fingerprint density at radius 1 is 1.17 bits per heavy atom. The number of sulfonamides is 1. The van der Waals surface area contributed by atoms with E-state index in [1.54, 1.807) is 31.2 Å². The zero-order valence-electron chi connectivity index (χ0n) is 20.8. The number of benzene rings is 2. The molecule has 196 valence electrons. The molecule has 0 aromatic heterocycles. The summed E-state index contributed by atoms with van der Waals surface area (Å²) in [6.45, 7) is 3.39. The lowest BCUT2D eigenvalue weighted by atomic mass is 10.1. The van der Waals surface area contributed by atoms with E-state index >= 15 is 0 Å². The van der Waals surface area contributed by atoms with Gasteiger partial charge in [0.2, 0.25) is 21.8 Å². The van der Waals surface area contributed by atoms with Gasteiger partial charge in [-0.3, -0.25) is 24.0 Å². The van der Waals surface area contributed by atoms with E-state index in [1.807, 2.05) is 13.0 Å². The highest BCUT2D eigenvalue weighted by Crippen LogP contribution is 2.33. The number of nitrogens with zero attached hydrogens (tertiary/aromatic N) is 3. The fourth-order valence-corrected chi connectivity index (χ4v) is 4.33. The number of rotatable bonds is 13. The molecule has 11 nitrogen and oxygen atoms in total. The fraction of sp³-hybridized carbons (Fsp3) is 0.417. The summed E-state index contributed by atoms with van der Waals surface area (Å²) >= 11 is 0. The summed E-state index contributed by atoms with van der Waals surface area (Å²) in [6.07, 6.45) is 2.55. The van der Waals surface area contributed by atoms with Crippen molar-refractivity contribution in [3.63, 3.8) is 0 Å². The highest BCUT2D eigenvalue weighted by atomic mass is 32.2. The SMILES string of the molecule is CCCCNC(=O)[C@H](C)N(Cc1ccccc1)C(=O)CN(c1cc([N+](=O)[O-])ccc1OC)S(C)(=O)=O. The smallest absolute Gasteiger partial charge is 0.271 e. The minimum absolute atomic E-state index is 0.0405. The van der Waals surface area contributed by atoms with Crippen molar-refractivity contribution in [2.24, 2.45) is 0 Å². The van der Waals surface area contributed by atoms with Crippen molar-refractivity contribution in [3.8, 4) is 5.75 Å². The molecule has 0 fully saturated rings. The molecule has 0 radical (unpaired) electrons. The molecule has 12 heteroatoms. The summed E-state index contributed by atoms with van der Waals surface area (Å²) in [7, 11) is -2.79. The van der Waals surface area contributed by atoms with Gasteiger partial charge in [-0.05, 0) is 25.0 Å². The van der Waals surface area contributed by atoms with E-state index in [-0.39, 0.29) is 29.6 Å². The molecular weight excluding hydrogens is 488 g/mol. The third-order valence-corrected chi connectivity index (χ3v) is 6.64. The lowest BCUT2D eigenvalue weighted by molar-refractivity contribution is -0.384. The van der Waals surface area contributed by atoms with Crippen LogP contribution in [-0.4, -0.2) is 62.6 Å². The molecule has 0 unspecified atom stereocenters. The summed E-state index contributed by atoms with van der Waals surface area (Å²) in [5.74, 6) is -0.985. The zero-order valence-corrected chi connectivity index (χ0v) is 21.7. The van der Waals surface area contributed by atoms with Crippen molar-refractivity contribution in [1.29, 1.82) is 0 Å². The van der Waals surface area contributed by atoms with Crippen LogP contribution < -0.4 is 14.4 Å². The number of hydrogen-bond donors (Lipinski definition) is 1. The second kappa shape index (κ2) is 12.9. The van der Waals surface area contributed by atoms with E-state index in [0.717, 1.165) is 35.0 Å². The summed E-state index contributed by atoms with van der Waals surface area (Å²) in [5, 5.41) is 14.1. The summed E-state index contributed by atoms with van der Waals surface area (Å²) in [5.41, 5.74) is 0.233. The Kier molecular flexibility index (Phi) is 10.2. The molecule has 0 bridgehead atoms. The van der Waals surface area contributed by atoms with Crippen molar-refractivity contribution in [2.45, 2.75) is 39.3 Å². The number of non-ortho nitro benzene ring substituents is 1. The first-order chi connectivity index (χ1) is 17.0. The largest absolute Gasteiger partial charge is 0.495 e. The van der Waals surface area contributed by atoms with Gasteiger partial charge in [0.05, 0.1) is 18.3 Å². The molecule has 36 heavy (non-hydrogen) atoms. The van der Waals surface area contributed by atoms with E-state index in [2.05, 4.69) is 5.32 Å². The Labute approximate surface area is 211 Å². The number of hydrogen-bond acceptors (Lipinski definition) is 7. The Balaban J connectivity index is 2.45. The number of nitro groups is 1. The van der Waals surface area contributed by atoms with Gasteiger partial charge in [0, 0.05) is 25.2 Å². The Morgan fingerprint density at radius 3 is 2.39 bits per heavy atom. The van der Waals surface area contributed by atoms with Gasteiger partial charge in [0.15, 0.2) is 0 Å². The monoisotopic (exact) mass is 520 g/mol. The lowest BCUT2D eigenvalue weighted by Gasteiger charge is -2.31.